The Kier molecular flexibility index (Phi) is 3.74. The standard InChI is InChI=1S/C16H21N3O/c1-12-4-5-14-13(10-12)11-15(18-14)16(20)17-6-9-19-7-2-3-8-19/h4-5,10-11,18H,2-3,6-9H2,1H3,(H,17,20). The maximum atomic E-state index is 12.1. The second-order valence-electron chi connectivity index (χ2n) is 5.58. The molecule has 1 saturated heterocycles. The molecule has 1 aromatic carbocycles. The van der Waals surface area contributed by atoms with Gasteiger partial charge in [-0.2, -0.15) is 0 Å². The average molecular weight is 271 g/mol. The van der Waals surface area contributed by atoms with E-state index in [0.29, 0.717) is 12.2 Å². The molecular weight excluding hydrogens is 250 g/mol. The van der Waals surface area contributed by atoms with Crippen molar-refractivity contribution in [2.24, 2.45) is 0 Å². The zero-order chi connectivity index (χ0) is 13.9. The van der Waals surface area contributed by atoms with Gasteiger partial charge in [0, 0.05) is 24.0 Å². The van der Waals surface area contributed by atoms with Crippen LogP contribution in [0.5, 0.6) is 0 Å². The number of aromatic nitrogens is 1. The molecule has 1 amide bonds. The van der Waals surface area contributed by atoms with Crippen LogP contribution in [0.2, 0.25) is 0 Å². The van der Waals surface area contributed by atoms with E-state index in [-0.39, 0.29) is 5.91 Å². The number of H-pyrrole nitrogens is 1. The molecule has 4 heteroatoms. The van der Waals surface area contributed by atoms with E-state index in [1.807, 2.05) is 18.2 Å². The first-order chi connectivity index (χ1) is 9.72. The van der Waals surface area contributed by atoms with E-state index in [4.69, 9.17) is 0 Å². The van der Waals surface area contributed by atoms with Gasteiger partial charge in [-0.05, 0) is 51.1 Å². The number of carbonyl (C=O) groups is 1. The Labute approximate surface area is 119 Å². The number of benzene rings is 1. The van der Waals surface area contributed by atoms with Crippen LogP contribution in [0, 0.1) is 6.92 Å². The van der Waals surface area contributed by atoms with Crippen molar-refractivity contribution in [2.45, 2.75) is 19.8 Å². The first-order valence-electron chi connectivity index (χ1n) is 7.32. The molecule has 1 aliphatic rings. The first kappa shape index (κ1) is 13.2. The molecular formula is C16H21N3O. The summed E-state index contributed by atoms with van der Waals surface area (Å²) in [7, 11) is 0. The number of carbonyl (C=O) groups excluding carboxylic acids is 1. The van der Waals surface area contributed by atoms with Crippen molar-refractivity contribution in [3.8, 4) is 0 Å². The van der Waals surface area contributed by atoms with Crippen molar-refractivity contribution in [1.82, 2.24) is 15.2 Å². The lowest BCUT2D eigenvalue weighted by Gasteiger charge is -2.14. The number of aromatic amines is 1. The minimum absolute atomic E-state index is 0.0157. The Morgan fingerprint density at radius 3 is 2.90 bits per heavy atom. The molecule has 0 saturated carbocycles. The van der Waals surface area contributed by atoms with E-state index in [9.17, 15) is 4.79 Å². The number of aryl methyl sites for hydroxylation is 1. The second-order valence-corrected chi connectivity index (χ2v) is 5.58. The summed E-state index contributed by atoms with van der Waals surface area (Å²) in [5.41, 5.74) is 2.87. The van der Waals surface area contributed by atoms with Crippen LogP contribution in [0.4, 0.5) is 0 Å². The maximum Gasteiger partial charge on any atom is 0.267 e. The predicted octanol–water partition coefficient (Wildman–Crippen LogP) is 2.30. The van der Waals surface area contributed by atoms with Crippen molar-refractivity contribution < 1.29 is 4.79 Å². The molecule has 0 atom stereocenters. The van der Waals surface area contributed by atoms with Gasteiger partial charge in [-0.3, -0.25) is 4.79 Å². The average Bonchev–Trinajstić information content (AvgIpc) is 3.06. The van der Waals surface area contributed by atoms with Crippen LogP contribution in [-0.4, -0.2) is 42.0 Å². The van der Waals surface area contributed by atoms with Gasteiger partial charge in [0.2, 0.25) is 0 Å². The van der Waals surface area contributed by atoms with Crippen LogP contribution in [0.1, 0.15) is 28.9 Å². The van der Waals surface area contributed by atoms with E-state index in [2.05, 4.69) is 28.2 Å². The van der Waals surface area contributed by atoms with Crippen LogP contribution in [-0.2, 0) is 0 Å². The van der Waals surface area contributed by atoms with Gasteiger partial charge < -0.3 is 15.2 Å². The maximum absolute atomic E-state index is 12.1. The summed E-state index contributed by atoms with van der Waals surface area (Å²) in [5, 5.41) is 4.08. The third-order valence-corrected chi connectivity index (χ3v) is 3.93. The van der Waals surface area contributed by atoms with Crippen LogP contribution in [0.25, 0.3) is 10.9 Å². The van der Waals surface area contributed by atoms with E-state index in [1.54, 1.807) is 0 Å². The lowest BCUT2D eigenvalue weighted by Crippen LogP contribution is -2.33. The summed E-state index contributed by atoms with van der Waals surface area (Å²) in [6.45, 7) is 6.06. The molecule has 0 radical (unpaired) electrons. The fourth-order valence-electron chi connectivity index (χ4n) is 2.80. The highest BCUT2D eigenvalue weighted by Crippen LogP contribution is 2.16. The molecule has 20 heavy (non-hydrogen) atoms. The van der Waals surface area contributed by atoms with E-state index < -0.39 is 0 Å². The van der Waals surface area contributed by atoms with Gasteiger partial charge >= 0.3 is 0 Å². The van der Waals surface area contributed by atoms with Gasteiger partial charge in [-0.25, -0.2) is 0 Å². The van der Waals surface area contributed by atoms with Crippen molar-refractivity contribution in [3.05, 3.63) is 35.5 Å². The fourth-order valence-corrected chi connectivity index (χ4v) is 2.80. The number of nitrogens with zero attached hydrogens (tertiary/aromatic N) is 1. The first-order valence-corrected chi connectivity index (χ1v) is 7.32. The second kappa shape index (κ2) is 5.67. The fraction of sp³-hybridized carbons (Fsp3) is 0.438. The zero-order valence-corrected chi connectivity index (χ0v) is 11.9. The van der Waals surface area contributed by atoms with Crippen molar-refractivity contribution in [1.29, 1.82) is 0 Å². The van der Waals surface area contributed by atoms with E-state index in [1.165, 1.54) is 31.5 Å². The van der Waals surface area contributed by atoms with Gasteiger partial charge in [0.1, 0.15) is 5.69 Å². The number of nitrogens with one attached hydrogen (secondary N) is 2. The Morgan fingerprint density at radius 1 is 1.30 bits per heavy atom. The number of hydrogen-bond donors (Lipinski definition) is 2. The van der Waals surface area contributed by atoms with Crippen molar-refractivity contribution >= 4 is 16.8 Å². The Bertz CT molecular complexity index is 611. The van der Waals surface area contributed by atoms with Gasteiger partial charge in [-0.15, -0.1) is 0 Å². The summed E-state index contributed by atoms with van der Waals surface area (Å²) in [4.78, 5) is 17.7. The summed E-state index contributed by atoms with van der Waals surface area (Å²) in [6, 6.07) is 8.08. The van der Waals surface area contributed by atoms with Crippen LogP contribution in [0.15, 0.2) is 24.3 Å². The molecule has 0 bridgehead atoms. The summed E-state index contributed by atoms with van der Waals surface area (Å²) >= 11 is 0. The molecule has 0 unspecified atom stereocenters. The Balaban J connectivity index is 1.60. The molecule has 0 spiro atoms. The summed E-state index contributed by atoms with van der Waals surface area (Å²) in [6.07, 6.45) is 2.57. The molecule has 3 rings (SSSR count). The third kappa shape index (κ3) is 2.85. The quantitative estimate of drug-likeness (QED) is 0.896. The molecule has 0 aliphatic carbocycles. The highest BCUT2D eigenvalue weighted by Gasteiger charge is 2.12. The van der Waals surface area contributed by atoms with Gasteiger partial charge in [-0.1, -0.05) is 11.6 Å². The predicted molar refractivity (Wildman–Crippen MR) is 81.0 cm³/mol. The normalized spacial score (nSPS) is 15.8. The smallest absolute Gasteiger partial charge is 0.267 e. The highest BCUT2D eigenvalue weighted by atomic mass is 16.1. The van der Waals surface area contributed by atoms with E-state index >= 15 is 0 Å². The van der Waals surface area contributed by atoms with Crippen LogP contribution in [0.3, 0.4) is 0 Å². The minimum Gasteiger partial charge on any atom is -0.351 e. The van der Waals surface area contributed by atoms with E-state index in [0.717, 1.165) is 17.4 Å². The molecule has 1 fully saturated rings. The monoisotopic (exact) mass is 271 g/mol. The van der Waals surface area contributed by atoms with Crippen molar-refractivity contribution in [2.75, 3.05) is 26.2 Å². The molecule has 4 nitrogen and oxygen atoms in total. The highest BCUT2D eigenvalue weighted by molar-refractivity contribution is 5.98. The number of rotatable bonds is 4. The molecule has 106 valence electrons. The van der Waals surface area contributed by atoms with Gasteiger partial charge in [0.25, 0.3) is 5.91 Å². The number of likely N-dealkylation sites (tertiary alicyclic amines) is 1. The molecule has 2 heterocycles. The van der Waals surface area contributed by atoms with Crippen LogP contribution < -0.4 is 5.32 Å². The summed E-state index contributed by atoms with van der Waals surface area (Å²) in [5.74, 6) is -0.0157. The van der Waals surface area contributed by atoms with Crippen LogP contribution >= 0.6 is 0 Å². The number of amides is 1. The molecule has 2 N–H and O–H groups in total. The van der Waals surface area contributed by atoms with Gasteiger partial charge in [0.15, 0.2) is 0 Å². The third-order valence-electron chi connectivity index (χ3n) is 3.93. The topological polar surface area (TPSA) is 48.1 Å². The Morgan fingerprint density at radius 2 is 2.10 bits per heavy atom. The Hall–Kier alpha value is -1.81. The zero-order valence-electron chi connectivity index (χ0n) is 11.9. The molecule has 1 aromatic heterocycles. The molecule has 2 aromatic rings. The number of hydrogen-bond acceptors (Lipinski definition) is 2. The molecule has 1 aliphatic heterocycles. The minimum atomic E-state index is -0.0157. The van der Waals surface area contributed by atoms with Gasteiger partial charge in [0.05, 0.1) is 0 Å². The lowest BCUT2D eigenvalue weighted by atomic mass is 10.2. The van der Waals surface area contributed by atoms with Crippen molar-refractivity contribution in [3.63, 3.8) is 0 Å². The number of fused-ring (bicyclic) bond motifs is 1. The SMILES string of the molecule is Cc1ccc2[nH]c(C(=O)NCCN3CCCC3)cc2c1. The lowest BCUT2D eigenvalue weighted by molar-refractivity contribution is 0.0945. The summed E-state index contributed by atoms with van der Waals surface area (Å²) < 4.78 is 0. The largest absolute Gasteiger partial charge is 0.351 e.